The van der Waals surface area contributed by atoms with Gasteiger partial charge in [-0.1, -0.05) is 73.7 Å². The topological polar surface area (TPSA) is 57.2 Å². The Morgan fingerprint density at radius 2 is 1.75 bits per heavy atom. The van der Waals surface area contributed by atoms with Crippen LogP contribution < -0.4 is 0 Å². The van der Waals surface area contributed by atoms with Crippen molar-refractivity contribution in [2.24, 2.45) is 0 Å². The van der Waals surface area contributed by atoms with Crippen LogP contribution in [0.1, 0.15) is 24.3 Å². The molecule has 3 aromatic rings. The third-order valence-electron chi connectivity index (χ3n) is 5.97. The van der Waals surface area contributed by atoms with E-state index in [4.69, 9.17) is 18.9 Å². The van der Waals surface area contributed by atoms with E-state index < -0.39 is 24.6 Å². The minimum Gasteiger partial charge on any atom is -0.387 e. The van der Waals surface area contributed by atoms with Gasteiger partial charge in [0.25, 0.3) is 0 Å². The zero-order valence-electron chi connectivity index (χ0n) is 18.0. The Morgan fingerprint density at radius 3 is 2.56 bits per heavy atom. The third kappa shape index (κ3) is 4.57. The second-order valence-corrected chi connectivity index (χ2v) is 9.50. The Kier molecular flexibility index (Phi) is 6.78. The predicted molar refractivity (Wildman–Crippen MR) is 125 cm³/mol. The van der Waals surface area contributed by atoms with Crippen LogP contribution in [-0.4, -0.2) is 47.3 Å². The second-order valence-electron chi connectivity index (χ2n) is 8.12. The lowest BCUT2D eigenvalue weighted by Gasteiger charge is -2.47. The summed E-state index contributed by atoms with van der Waals surface area (Å²) in [4.78, 5) is 0. The van der Waals surface area contributed by atoms with Gasteiger partial charge in [0.15, 0.2) is 6.29 Å². The van der Waals surface area contributed by atoms with Crippen LogP contribution in [0.5, 0.6) is 0 Å². The van der Waals surface area contributed by atoms with Crippen LogP contribution in [0.15, 0.2) is 72.8 Å². The standard InChI is InChI=1S/C26H28O5S/c1-2-32-26-22(27)24(28-15-17-12-13-18-8-6-7-11-20(18)14-17)23-21(30-26)16-29-25(31-23)19-9-4-3-5-10-19/h3-14,21-27H,2,15-16H2,1H3/t21-,22+,23-,24-,25?,26-/m1/s1. The maximum Gasteiger partial charge on any atom is 0.184 e. The number of hydrogen-bond donors (Lipinski definition) is 1. The molecule has 0 radical (unpaired) electrons. The lowest BCUT2D eigenvalue weighted by atomic mass is 9.98. The smallest absolute Gasteiger partial charge is 0.184 e. The van der Waals surface area contributed by atoms with E-state index in [1.165, 1.54) is 10.8 Å². The Hall–Kier alpha value is -1.93. The fourth-order valence-electron chi connectivity index (χ4n) is 4.36. The summed E-state index contributed by atoms with van der Waals surface area (Å²) in [6, 6.07) is 24.4. The highest BCUT2D eigenvalue weighted by molar-refractivity contribution is 7.99. The summed E-state index contributed by atoms with van der Waals surface area (Å²) in [5, 5.41) is 13.5. The van der Waals surface area contributed by atoms with Crippen molar-refractivity contribution in [2.75, 3.05) is 12.4 Å². The molecule has 2 fully saturated rings. The SMILES string of the molecule is CCS[C@H]1O[C@@H]2COC(c3ccccc3)O[C@H]2[C@H](OCc2ccc3ccccc3c2)[C@@H]1O. The molecule has 6 atom stereocenters. The number of ether oxygens (including phenoxy) is 4. The van der Waals surface area contributed by atoms with Crippen LogP contribution in [-0.2, 0) is 25.6 Å². The Bertz CT molecular complexity index is 1030. The van der Waals surface area contributed by atoms with Gasteiger partial charge in [-0.2, -0.15) is 0 Å². The second kappa shape index (κ2) is 9.91. The van der Waals surface area contributed by atoms with Crippen molar-refractivity contribution in [1.82, 2.24) is 0 Å². The van der Waals surface area contributed by atoms with Crippen molar-refractivity contribution >= 4 is 22.5 Å². The minimum atomic E-state index is -0.795. The lowest BCUT2D eigenvalue weighted by molar-refractivity contribution is -0.325. The maximum absolute atomic E-state index is 11.1. The number of thioether (sulfide) groups is 1. The molecule has 0 bridgehead atoms. The molecule has 6 heteroatoms. The molecule has 2 aliphatic rings. The summed E-state index contributed by atoms with van der Waals surface area (Å²) in [5.74, 6) is 0.838. The predicted octanol–water partition coefficient (Wildman–Crippen LogP) is 4.68. The van der Waals surface area contributed by atoms with Gasteiger partial charge in [-0.25, -0.2) is 0 Å². The van der Waals surface area contributed by atoms with Gasteiger partial charge in [0, 0.05) is 5.56 Å². The van der Waals surface area contributed by atoms with Gasteiger partial charge < -0.3 is 24.1 Å². The van der Waals surface area contributed by atoms with E-state index in [1.807, 2.05) is 42.5 Å². The van der Waals surface area contributed by atoms with Crippen LogP contribution in [0.25, 0.3) is 10.8 Å². The molecule has 2 saturated heterocycles. The summed E-state index contributed by atoms with van der Waals surface area (Å²) < 4.78 is 24.8. The first-order chi connectivity index (χ1) is 15.7. The van der Waals surface area contributed by atoms with Crippen molar-refractivity contribution in [1.29, 1.82) is 0 Å². The first-order valence-corrected chi connectivity index (χ1v) is 12.1. The van der Waals surface area contributed by atoms with Crippen molar-refractivity contribution in [3.63, 3.8) is 0 Å². The average Bonchev–Trinajstić information content (AvgIpc) is 2.84. The summed E-state index contributed by atoms with van der Waals surface area (Å²) in [6.45, 7) is 2.84. The Labute approximate surface area is 192 Å². The molecule has 0 amide bonds. The summed E-state index contributed by atoms with van der Waals surface area (Å²) in [7, 11) is 0. The van der Waals surface area contributed by atoms with Gasteiger partial charge >= 0.3 is 0 Å². The van der Waals surface area contributed by atoms with Crippen molar-refractivity contribution in [3.8, 4) is 0 Å². The molecule has 168 valence electrons. The van der Waals surface area contributed by atoms with Gasteiger partial charge in [-0.3, -0.25) is 0 Å². The first kappa shape index (κ1) is 21.9. The van der Waals surface area contributed by atoms with Crippen LogP contribution >= 0.6 is 11.8 Å². The molecule has 0 spiro atoms. The molecule has 0 saturated carbocycles. The Balaban J connectivity index is 1.35. The van der Waals surface area contributed by atoms with Gasteiger partial charge in [0.1, 0.15) is 29.9 Å². The highest BCUT2D eigenvalue weighted by Crippen LogP contribution is 2.38. The molecule has 5 nitrogen and oxygen atoms in total. The third-order valence-corrected chi connectivity index (χ3v) is 7.02. The van der Waals surface area contributed by atoms with Crippen molar-refractivity contribution in [3.05, 3.63) is 83.9 Å². The fourth-order valence-corrected chi connectivity index (χ4v) is 5.26. The maximum atomic E-state index is 11.1. The van der Waals surface area contributed by atoms with E-state index >= 15 is 0 Å². The minimum absolute atomic E-state index is 0.288. The van der Waals surface area contributed by atoms with Gasteiger partial charge in [0.2, 0.25) is 0 Å². The highest BCUT2D eigenvalue weighted by Gasteiger charge is 2.50. The van der Waals surface area contributed by atoms with Crippen LogP contribution in [0.2, 0.25) is 0 Å². The zero-order chi connectivity index (χ0) is 21.9. The van der Waals surface area contributed by atoms with Crippen LogP contribution in [0.3, 0.4) is 0 Å². The van der Waals surface area contributed by atoms with E-state index in [0.29, 0.717) is 13.2 Å². The molecular weight excluding hydrogens is 424 g/mol. The highest BCUT2D eigenvalue weighted by atomic mass is 32.2. The quantitative estimate of drug-likeness (QED) is 0.586. The van der Waals surface area contributed by atoms with E-state index in [1.54, 1.807) is 11.8 Å². The molecule has 1 N–H and O–H groups in total. The molecule has 0 aromatic heterocycles. The molecule has 0 aliphatic carbocycles. The number of benzene rings is 3. The van der Waals surface area contributed by atoms with E-state index in [-0.39, 0.29) is 11.5 Å². The fraction of sp³-hybridized carbons (Fsp3) is 0.385. The summed E-state index contributed by atoms with van der Waals surface area (Å²) >= 11 is 1.58. The molecular formula is C26H28O5S. The van der Waals surface area contributed by atoms with Crippen molar-refractivity contribution in [2.45, 2.75) is 49.7 Å². The van der Waals surface area contributed by atoms with Gasteiger partial charge in [-0.05, 0) is 28.2 Å². The number of rotatable bonds is 6. The number of fused-ring (bicyclic) bond motifs is 2. The summed E-state index contributed by atoms with van der Waals surface area (Å²) in [5.41, 5.74) is 1.63. The van der Waals surface area contributed by atoms with E-state index in [0.717, 1.165) is 16.9 Å². The molecule has 2 heterocycles. The number of aliphatic hydroxyl groups is 1. The molecule has 2 aliphatic heterocycles. The number of aliphatic hydroxyl groups excluding tert-OH is 1. The zero-order valence-corrected chi connectivity index (χ0v) is 18.8. The largest absolute Gasteiger partial charge is 0.387 e. The normalized spacial score (nSPS) is 30.2. The molecule has 1 unspecified atom stereocenters. The van der Waals surface area contributed by atoms with Crippen LogP contribution in [0.4, 0.5) is 0 Å². The van der Waals surface area contributed by atoms with E-state index in [2.05, 4.69) is 37.3 Å². The Morgan fingerprint density at radius 1 is 0.969 bits per heavy atom. The molecule has 5 rings (SSSR count). The average molecular weight is 453 g/mol. The summed E-state index contributed by atoms with van der Waals surface area (Å²) in [6.07, 6.45) is -2.52. The van der Waals surface area contributed by atoms with Gasteiger partial charge in [-0.15, -0.1) is 11.8 Å². The monoisotopic (exact) mass is 452 g/mol. The molecule has 3 aromatic carbocycles. The van der Waals surface area contributed by atoms with E-state index in [9.17, 15) is 5.11 Å². The van der Waals surface area contributed by atoms with Crippen LogP contribution in [0, 0.1) is 0 Å². The number of hydrogen-bond acceptors (Lipinski definition) is 6. The molecule has 32 heavy (non-hydrogen) atoms. The van der Waals surface area contributed by atoms with Crippen molar-refractivity contribution < 1.29 is 24.1 Å². The lowest BCUT2D eigenvalue weighted by Crippen LogP contribution is -2.61. The first-order valence-electron chi connectivity index (χ1n) is 11.1. The van der Waals surface area contributed by atoms with Gasteiger partial charge in [0.05, 0.1) is 13.2 Å².